The van der Waals surface area contributed by atoms with Gasteiger partial charge in [0.05, 0.1) is 0 Å². The second-order valence-corrected chi connectivity index (χ2v) is 3.76. The van der Waals surface area contributed by atoms with Crippen molar-refractivity contribution in [1.82, 2.24) is 5.32 Å². The fourth-order valence-corrected chi connectivity index (χ4v) is 1.32. The first-order chi connectivity index (χ1) is 5.58. The molecule has 0 aliphatic heterocycles. The Morgan fingerprint density at radius 2 is 2.25 bits per heavy atom. The lowest BCUT2D eigenvalue weighted by molar-refractivity contribution is -0.145. The van der Waals surface area contributed by atoms with Crippen LogP contribution in [0.15, 0.2) is 0 Å². The Morgan fingerprint density at radius 1 is 1.67 bits per heavy atom. The van der Waals surface area contributed by atoms with Gasteiger partial charge in [-0.1, -0.05) is 13.3 Å². The Kier molecular flexibility index (Phi) is 2.73. The van der Waals surface area contributed by atoms with Crippen LogP contribution >= 0.6 is 0 Å². The van der Waals surface area contributed by atoms with Crippen molar-refractivity contribution >= 4 is 5.97 Å². The molecule has 0 heterocycles. The van der Waals surface area contributed by atoms with Gasteiger partial charge in [-0.3, -0.25) is 10.1 Å². The topological polar surface area (TPSA) is 49.3 Å². The van der Waals surface area contributed by atoms with E-state index in [-0.39, 0.29) is 0 Å². The van der Waals surface area contributed by atoms with Crippen LogP contribution in [0, 0.1) is 0 Å². The van der Waals surface area contributed by atoms with Crippen LogP contribution in [-0.2, 0) is 4.79 Å². The van der Waals surface area contributed by atoms with Gasteiger partial charge >= 0.3 is 5.97 Å². The third-order valence-corrected chi connectivity index (χ3v) is 2.81. The monoisotopic (exact) mass is 171 g/mol. The molecule has 0 radical (unpaired) electrons. The number of rotatable bonds is 4. The van der Waals surface area contributed by atoms with E-state index in [1.807, 2.05) is 6.92 Å². The summed E-state index contributed by atoms with van der Waals surface area (Å²) in [5.41, 5.74) is -0.717. The lowest BCUT2D eigenvalue weighted by atomic mass is 9.88. The third kappa shape index (κ3) is 1.78. The van der Waals surface area contributed by atoms with Crippen LogP contribution in [0.3, 0.4) is 0 Å². The zero-order chi connectivity index (χ0) is 9.19. The maximum absolute atomic E-state index is 10.9. The third-order valence-electron chi connectivity index (χ3n) is 2.81. The standard InChI is InChI=1S/C9H17NO2/c1-3-9(2,8(11)12)10-7-5-4-6-7/h7,10H,3-6H2,1-2H3,(H,11,12). The van der Waals surface area contributed by atoms with E-state index in [0.717, 1.165) is 12.8 Å². The molecule has 1 atom stereocenters. The van der Waals surface area contributed by atoms with Gasteiger partial charge in [-0.05, 0) is 26.2 Å². The van der Waals surface area contributed by atoms with E-state index < -0.39 is 11.5 Å². The summed E-state index contributed by atoms with van der Waals surface area (Å²) in [6.07, 6.45) is 4.13. The van der Waals surface area contributed by atoms with Gasteiger partial charge in [-0.15, -0.1) is 0 Å². The van der Waals surface area contributed by atoms with Gasteiger partial charge in [-0.25, -0.2) is 0 Å². The summed E-state index contributed by atoms with van der Waals surface area (Å²) < 4.78 is 0. The molecule has 1 aliphatic rings. The maximum Gasteiger partial charge on any atom is 0.323 e. The van der Waals surface area contributed by atoms with Crippen molar-refractivity contribution in [2.75, 3.05) is 0 Å². The molecule has 0 aromatic heterocycles. The molecule has 0 spiro atoms. The molecule has 1 rings (SSSR count). The Hall–Kier alpha value is -0.570. The molecule has 1 unspecified atom stereocenters. The predicted molar refractivity (Wildman–Crippen MR) is 47.1 cm³/mol. The zero-order valence-corrected chi connectivity index (χ0v) is 7.76. The van der Waals surface area contributed by atoms with Gasteiger partial charge in [0, 0.05) is 6.04 Å². The molecule has 12 heavy (non-hydrogen) atoms. The van der Waals surface area contributed by atoms with Crippen molar-refractivity contribution in [3.63, 3.8) is 0 Å². The van der Waals surface area contributed by atoms with Crippen LogP contribution in [0.4, 0.5) is 0 Å². The summed E-state index contributed by atoms with van der Waals surface area (Å²) in [5.74, 6) is -0.739. The Balaban J connectivity index is 2.47. The molecule has 0 aromatic rings. The molecule has 3 heteroatoms. The minimum absolute atomic E-state index is 0.436. The van der Waals surface area contributed by atoms with Crippen molar-refractivity contribution in [3.8, 4) is 0 Å². The number of nitrogens with one attached hydrogen (secondary N) is 1. The van der Waals surface area contributed by atoms with Crippen LogP contribution in [0.1, 0.15) is 39.5 Å². The molecule has 0 aromatic carbocycles. The quantitative estimate of drug-likeness (QED) is 0.672. The van der Waals surface area contributed by atoms with Crippen molar-refractivity contribution in [1.29, 1.82) is 0 Å². The lowest BCUT2D eigenvalue weighted by Gasteiger charge is -2.35. The summed E-state index contributed by atoms with van der Waals surface area (Å²) in [6, 6.07) is 0.436. The molecule has 0 amide bonds. The van der Waals surface area contributed by atoms with Crippen LogP contribution in [-0.4, -0.2) is 22.7 Å². The second kappa shape index (κ2) is 3.44. The van der Waals surface area contributed by atoms with Crippen LogP contribution in [0.2, 0.25) is 0 Å². The highest BCUT2D eigenvalue weighted by Crippen LogP contribution is 2.22. The second-order valence-electron chi connectivity index (χ2n) is 3.76. The lowest BCUT2D eigenvalue weighted by Crippen LogP contribution is -2.55. The van der Waals surface area contributed by atoms with Gasteiger partial charge in [0.25, 0.3) is 0 Å². The highest BCUT2D eigenvalue weighted by atomic mass is 16.4. The molecule has 0 saturated heterocycles. The first kappa shape index (κ1) is 9.52. The molecule has 0 bridgehead atoms. The number of hydrogen-bond acceptors (Lipinski definition) is 2. The van der Waals surface area contributed by atoms with Gasteiger partial charge in [0.15, 0.2) is 0 Å². The summed E-state index contributed by atoms with van der Waals surface area (Å²) in [7, 11) is 0. The molecule has 1 saturated carbocycles. The normalized spacial score (nSPS) is 22.8. The summed E-state index contributed by atoms with van der Waals surface area (Å²) in [5, 5.41) is 12.1. The minimum Gasteiger partial charge on any atom is -0.480 e. The van der Waals surface area contributed by atoms with Gasteiger partial charge in [-0.2, -0.15) is 0 Å². The maximum atomic E-state index is 10.9. The summed E-state index contributed by atoms with van der Waals surface area (Å²) in [6.45, 7) is 3.66. The molecule has 1 aliphatic carbocycles. The minimum atomic E-state index is -0.739. The Morgan fingerprint density at radius 3 is 2.50 bits per heavy atom. The summed E-state index contributed by atoms with van der Waals surface area (Å²) >= 11 is 0. The van der Waals surface area contributed by atoms with Gasteiger partial charge < -0.3 is 5.11 Å². The molecule has 70 valence electrons. The zero-order valence-electron chi connectivity index (χ0n) is 7.76. The fourth-order valence-electron chi connectivity index (χ4n) is 1.32. The SMILES string of the molecule is CCC(C)(NC1CCC1)C(=O)O. The van der Waals surface area contributed by atoms with Crippen molar-refractivity contribution in [3.05, 3.63) is 0 Å². The Labute approximate surface area is 73.2 Å². The first-order valence-electron chi connectivity index (χ1n) is 4.59. The molecular formula is C9H17NO2. The van der Waals surface area contributed by atoms with Crippen LogP contribution in [0.25, 0.3) is 0 Å². The number of carbonyl (C=O) groups is 1. The number of carboxylic acid groups (broad SMARTS) is 1. The predicted octanol–water partition coefficient (Wildman–Crippen LogP) is 1.38. The molecule has 1 fully saturated rings. The Bertz CT molecular complexity index is 177. The van der Waals surface area contributed by atoms with Crippen LogP contribution in [0.5, 0.6) is 0 Å². The molecule has 2 N–H and O–H groups in total. The number of carboxylic acids is 1. The van der Waals surface area contributed by atoms with E-state index in [0.29, 0.717) is 12.5 Å². The highest BCUT2D eigenvalue weighted by molar-refractivity contribution is 5.78. The van der Waals surface area contributed by atoms with E-state index in [2.05, 4.69) is 5.32 Å². The highest BCUT2D eigenvalue weighted by Gasteiger charge is 2.34. The van der Waals surface area contributed by atoms with Crippen molar-refractivity contribution < 1.29 is 9.90 Å². The van der Waals surface area contributed by atoms with Gasteiger partial charge in [0.1, 0.15) is 5.54 Å². The fraction of sp³-hybridized carbons (Fsp3) is 0.889. The van der Waals surface area contributed by atoms with Crippen molar-refractivity contribution in [2.45, 2.75) is 51.1 Å². The van der Waals surface area contributed by atoms with E-state index in [4.69, 9.17) is 5.11 Å². The summed E-state index contributed by atoms with van der Waals surface area (Å²) in [4.78, 5) is 10.9. The van der Waals surface area contributed by atoms with E-state index in [9.17, 15) is 4.79 Å². The van der Waals surface area contributed by atoms with Gasteiger partial charge in [0.2, 0.25) is 0 Å². The van der Waals surface area contributed by atoms with E-state index >= 15 is 0 Å². The number of hydrogen-bond donors (Lipinski definition) is 2. The van der Waals surface area contributed by atoms with Crippen molar-refractivity contribution in [2.24, 2.45) is 0 Å². The van der Waals surface area contributed by atoms with E-state index in [1.54, 1.807) is 6.92 Å². The average Bonchev–Trinajstić information content (AvgIpc) is 1.96. The largest absolute Gasteiger partial charge is 0.480 e. The number of aliphatic carboxylic acids is 1. The van der Waals surface area contributed by atoms with E-state index in [1.165, 1.54) is 6.42 Å². The smallest absolute Gasteiger partial charge is 0.323 e. The molecular weight excluding hydrogens is 154 g/mol. The first-order valence-corrected chi connectivity index (χ1v) is 4.59. The molecule has 3 nitrogen and oxygen atoms in total. The average molecular weight is 171 g/mol. The van der Waals surface area contributed by atoms with Crippen LogP contribution < -0.4 is 5.32 Å².